The number of nitrogens with one attached hydrogen (secondary N) is 1. The maximum absolute atomic E-state index is 12.6. The van der Waals surface area contributed by atoms with Crippen molar-refractivity contribution in [2.24, 2.45) is 0 Å². The molecule has 21 heavy (non-hydrogen) atoms. The van der Waals surface area contributed by atoms with Crippen LogP contribution in [-0.4, -0.2) is 6.04 Å². The molecule has 0 aliphatic carbocycles. The smallest absolute Gasteiger partial charge is 0.416 e. The highest BCUT2D eigenvalue weighted by Gasteiger charge is 2.30. The summed E-state index contributed by atoms with van der Waals surface area (Å²) in [6.45, 7) is 0. The molecule has 108 valence electrons. The number of benzene rings is 1. The molecule has 1 aromatic heterocycles. The summed E-state index contributed by atoms with van der Waals surface area (Å²) in [6.07, 6.45) is 0.165. The Hall–Kier alpha value is -2.68. The van der Waals surface area contributed by atoms with E-state index < -0.39 is 17.8 Å². The minimum atomic E-state index is -4.41. The summed E-state index contributed by atoms with van der Waals surface area (Å²) in [5, 5.41) is 11.7. The molecule has 0 saturated heterocycles. The Morgan fingerprint density at radius 3 is 2.67 bits per heavy atom. The zero-order valence-electron chi connectivity index (χ0n) is 10.8. The molecule has 0 bridgehead atoms. The van der Waals surface area contributed by atoms with E-state index in [-0.39, 0.29) is 5.69 Å². The summed E-state index contributed by atoms with van der Waals surface area (Å²) in [6, 6.07) is 9.29. The quantitative estimate of drug-likeness (QED) is 0.913. The van der Waals surface area contributed by atoms with Gasteiger partial charge in [0.2, 0.25) is 0 Å². The van der Waals surface area contributed by atoms with Crippen LogP contribution in [0.2, 0.25) is 0 Å². The van der Waals surface area contributed by atoms with E-state index in [1.54, 1.807) is 18.2 Å². The van der Waals surface area contributed by atoms with Crippen LogP contribution in [0.5, 0.6) is 0 Å². The lowest BCUT2D eigenvalue weighted by molar-refractivity contribution is -0.137. The van der Waals surface area contributed by atoms with E-state index in [2.05, 4.69) is 5.32 Å². The van der Waals surface area contributed by atoms with Crippen molar-refractivity contribution < 1.29 is 17.6 Å². The topological polar surface area (TPSA) is 49.0 Å². The number of furan rings is 1. The zero-order chi connectivity index (χ0) is 15.3. The van der Waals surface area contributed by atoms with Gasteiger partial charge in [-0.25, -0.2) is 0 Å². The van der Waals surface area contributed by atoms with Gasteiger partial charge in [-0.2, -0.15) is 18.4 Å². The minimum Gasteiger partial charge on any atom is -0.465 e. The van der Waals surface area contributed by atoms with Crippen LogP contribution in [-0.2, 0) is 6.18 Å². The molecule has 0 fully saturated rings. The third kappa shape index (κ3) is 4.14. The Kier molecular flexibility index (Phi) is 4.33. The van der Waals surface area contributed by atoms with Gasteiger partial charge in [0.25, 0.3) is 0 Å². The first kappa shape index (κ1) is 14.7. The summed E-state index contributed by atoms with van der Waals surface area (Å²) in [4.78, 5) is 0. The molecule has 2 aromatic rings. The second-order valence-corrected chi connectivity index (χ2v) is 4.20. The van der Waals surface area contributed by atoms with Gasteiger partial charge in [0.05, 0.1) is 17.9 Å². The van der Waals surface area contributed by atoms with Crippen molar-refractivity contribution in [3.05, 3.63) is 60.1 Å². The third-order valence-electron chi connectivity index (χ3n) is 2.65. The predicted molar refractivity (Wildman–Crippen MR) is 72.2 cm³/mol. The van der Waals surface area contributed by atoms with Gasteiger partial charge in [-0.3, -0.25) is 0 Å². The first-order valence-electron chi connectivity index (χ1n) is 6.04. The molecule has 0 radical (unpaired) electrons. The van der Waals surface area contributed by atoms with Crippen molar-refractivity contribution in [2.45, 2.75) is 12.2 Å². The third-order valence-corrected chi connectivity index (χ3v) is 2.65. The second kappa shape index (κ2) is 6.18. The highest BCUT2D eigenvalue weighted by Crippen LogP contribution is 2.30. The van der Waals surface area contributed by atoms with E-state index in [0.717, 1.165) is 12.1 Å². The van der Waals surface area contributed by atoms with Gasteiger partial charge in [-0.05, 0) is 42.5 Å². The average Bonchev–Trinajstić information content (AvgIpc) is 2.96. The molecule has 1 aromatic carbocycles. The van der Waals surface area contributed by atoms with E-state index in [4.69, 9.17) is 9.68 Å². The molecule has 2 rings (SSSR count). The van der Waals surface area contributed by atoms with Gasteiger partial charge < -0.3 is 9.73 Å². The van der Waals surface area contributed by atoms with E-state index >= 15 is 0 Å². The lowest BCUT2D eigenvalue weighted by Crippen LogP contribution is -2.14. The van der Waals surface area contributed by atoms with E-state index in [0.29, 0.717) is 5.76 Å². The fourth-order valence-electron chi connectivity index (χ4n) is 1.67. The van der Waals surface area contributed by atoms with Crippen LogP contribution in [0.3, 0.4) is 0 Å². The number of hydrogen-bond donors (Lipinski definition) is 1. The standard InChI is InChI=1S/C15H11F3N2O/c16-15(17,18)11-3-1-4-12(9-11)20-13(10-19)6-7-14-5-2-8-21-14/h1-9,13,20H/b7-6+. The van der Waals surface area contributed by atoms with Gasteiger partial charge in [0, 0.05) is 5.69 Å². The fraction of sp³-hybridized carbons (Fsp3) is 0.133. The second-order valence-electron chi connectivity index (χ2n) is 4.20. The average molecular weight is 292 g/mol. The van der Waals surface area contributed by atoms with Crippen molar-refractivity contribution in [1.82, 2.24) is 0 Å². The Morgan fingerprint density at radius 2 is 2.05 bits per heavy atom. The van der Waals surface area contributed by atoms with Crippen LogP contribution in [0.25, 0.3) is 6.08 Å². The molecule has 1 N–H and O–H groups in total. The summed E-state index contributed by atoms with van der Waals surface area (Å²) in [5.74, 6) is 0.557. The fourth-order valence-corrected chi connectivity index (χ4v) is 1.67. The monoisotopic (exact) mass is 292 g/mol. The van der Waals surface area contributed by atoms with Crippen LogP contribution in [0.1, 0.15) is 11.3 Å². The number of hydrogen-bond acceptors (Lipinski definition) is 3. The lowest BCUT2D eigenvalue weighted by atomic mass is 10.1. The van der Waals surface area contributed by atoms with Gasteiger partial charge >= 0.3 is 6.18 Å². The molecule has 1 heterocycles. The minimum absolute atomic E-state index is 0.223. The molecule has 0 aliphatic heterocycles. The first-order valence-corrected chi connectivity index (χ1v) is 6.04. The van der Waals surface area contributed by atoms with Crippen LogP contribution in [0.15, 0.2) is 53.2 Å². The Labute approximate surface area is 119 Å². The highest BCUT2D eigenvalue weighted by atomic mass is 19.4. The van der Waals surface area contributed by atoms with Crippen LogP contribution in [0.4, 0.5) is 18.9 Å². The van der Waals surface area contributed by atoms with Crippen molar-refractivity contribution in [2.75, 3.05) is 5.32 Å². The molecule has 6 heteroatoms. The number of alkyl halides is 3. The molecule has 0 saturated carbocycles. The molecular weight excluding hydrogens is 281 g/mol. The van der Waals surface area contributed by atoms with Gasteiger partial charge in [-0.15, -0.1) is 0 Å². The summed E-state index contributed by atoms with van der Waals surface area (Å²) in [5.41, 5.74) is -0.542. The first-order chi connectivity index (χ1) is 9.99. The lowest BCUT2D eigenvalue weighted by Gasteiger charge is -2.12. The molecule has 1 atom stereocenters. The molecule has 0 aliphatic rings. The Balaban J connectivity index is 2.10. The largest absolute Gasteiger partial charge is 0.465 e. The Bertz CT molecular complexity index is 654. The van der Waals surface area contributed by atoms with E-state index in [1.807, 2.05) is 6.07 Å². The summed E-state index contributed by atoms with van der Waals surface area (Å²) in [7, 11) is 0. The molecule has 0 spiro atoms. The van der Waals surface area contributed by atoms with E-state index in [9.17, 15) is 13.2 Å². The molecule has 3 nitrogen and oxygen atoms in total. The Morgan fingerprint density at radius 1 is 1.24 bits per heavy atom. The van der Waals surface area contributed by atoms with Crippen molar-refractivity contribution in [3.8, 4) is 6.07 Å². The number of nitriles is 1. The zero-order valence-corrected chi connectivity index (χ0v) is 10.8. The molecule has 1 unspecified atom stereocenters. The molecule has 0 amide bonds. The number of rotatable bonds is 4. The maximum atomic E-state index is 12.6. The van der Waals surface area contributed by atoms with Crippen molar-refractivity contribution in [1.29, 1.82) is 5.26 Å². The summed E-state index contributed by atoms with van der Waals surface area (Å²) >= 11 is 0. The number of nitrogens with zero attached hydrogens (tertiary/aromatic N) is 1. The van der Waals surface area contributed by atoms with Crippen molar-refractivity contribution >= 4 is 11.8 Å². The summed E-state index contributed by atoms with van der Waals surface area (Å²) < 4.78 is 42.9. The van der Waals surface area contributed by atoms with E-state index in [1.165, 1.54) is 24.5 Å². The maximum Gasteiger partial charge on any atom is 0.416 e. The number of halogens is 3. The normalized spacial score (nSPS) is 13.0. The number of anilines is 1. The van der Waals surface area contributed by atoms with Crippen LogP contribution < -0.4 is 5.32 Å². The molecular formula is C15H11F3N2O. The van der Waals surface area contributed by atoms with Crippen molar-refractivity contribution in [3.63, 3.8) is 0 Å². The van der Waals surface area contributed by atoms with Gasteiger partial charge in [-0.1, -0.05) is 6.07 Å². The van der Waals surface area contributed by atoms with Crippen LogP contribution >= 0.6 is 0 Å². The highest BCUT2D eigenvalue weighted by molar-refractivity contribution is 5.52. The SMILES string of the molecule is N#CC(/C=C/c1ccco1)Nc1cccc(C(F)(F)F)c1. The van der Waals surface area contributed by atoms with Gasteiger partial charge in [0.1, 0.15) is 11.8 Å². The van der Waals surface area contributed by atoms with Crippen LogP contribution in [0, 0.1) is 11.3 Å². The van der Waals surface area contributed by atoms with Gasteiger partial charge in [0.15, 0.2) is 0 Å². The predicted octanol–water partition coefficient (Wildman–Crippen LogP) is 4.32.